The van der Waals surface area contributed by atoms with Gasteiger partial charge in [-0.2, -0.15) is 0 Å². The average molecular weight is 490 g/mol. The number of methoxy groups -OCH3 is 2. The molecule has 4 rings (SSSR count). The molecule has 36 heavy (non-hydrogen) atoms. The Hall–Kier alpha value is -3.73. The predicted octanol–water partition coefficient (Wildman–Crippen LogP) is 4.43. The van der Waals surface area contributed by atoms with Gasteiger partial charge in [-0.05, 0) is 36.1 Å². The zero-order chi connectivity index (χ0) is 25.2. The molecule has 1 aliphatic rings. The van der Waals surface area contributed by atoms with E-state index in [0.717, 1.165) is 16.7 Å². The molecular formula is C29H31NO6. The Morgan fingerprint density at radius 3 is 2.47 bits per heavy atom. The van der Waals surface area contributed by atoms with Gasteiger partial charge in [0.2, 0.25) is 5.88 Å². The fourth-order valence-corrected chi connectivity index (χ4v) is 3.77. The topological polar surface area (TPSA) is 68.3 Å². The van der Waals surface area contributed by atoms with Gasteiger partial charge in [-0.1, -0.05) is 43.2 Å². The first kappa shape index (κ1) is 25.4. The van der Waals surface area contributed by atoms with Gasteiger partial charge in [0.15, 0.2) is 11.5 Å². The van der Waals surface area contributed by atoms with Crippen LogP contribution in [0.4, 0.5) is 0 Å². The molecule has 1 aliphatic heterocycles. The van der Waals surface area contributed by atoms with Crippen molar-refractivity contribution in [2.75, 3.05) is 40.6 Å². The standard InChI is InChI=1S/C29H31NO6/c1-4-24-25(12-10-21-11-13-26(31-2)28(16-21)32-3)30-29(36-20-23-19-33-14-15-34-23)17-27(24)35-18-22-8-6-5-7-9-22/h5-9,11,13,16-17,23H,4,14-15,18-20H2,1-3H3/t23-/m0/s1. The summed E-state index contributed by atoms with van der Waals surface area (Å²) in [6.45, 7) is 4.48. The molecule has 1 fully saturated rings. The first-order chi connectivity index (χ1) is 17.7. The molecule has 1 saturated heterocycles. The van der Waals surface area contributed by atoms with Crippen molar-refractivity contribution in [3.05, 3.63) is 77.0 Å². The Kier molecular flexibility index (Phi) is 9.03. The molecule has 1 atom stereocenters. The lowest BCUT2D eigenvalue weighted by Gasteiger charge is -2.23. The van der Waals surface area contributed by atoms with Crippen LogP contribution in [0.1, 0.15) is 29.3 Å². The minimum Gasteiger partial charge on any atom is -0.493 e. The Morgan fingerprint density at radius 2 is 1.75 bits per heavy atom. The van der Waals surface area contributed by atoms with Crippen LogP contribution in [-0.4, -0.2) is 51.7 Å². The number of hydrogen-bond donors (Lipinski definition) is 0. The highest BCUT2D eigenvalue weighted by molar-refractivity contribution is 5.53. The zero-order valence-electron chi connectivity index (χ0n) is 20.9. The van der Waals surface area contributed by atoms with E-state index in [0.29, 0.717) is 68.3 Å². The SMILES string of the molecule is CCc1c(OCc2ccccc2)cc(OC[C@@H]2COCCO2)nc1C#Cc1ccc(OC)c(OC)c1. The monoisotopic (exact) mass is 489 g/mol. The van der Waals surface area contributed by atoms with Gasteiger partial charge in [0, 0.05) is 17.2 Å². The molecular weight excluding hydrogens is 458 g/mol. The molecule has 0 aliphatic carbocycles. The molecule has 0 unspecified atom stereocenters. The zero-order valence-corrected chi connectivity index (χ0v) is 20.9. The van der Waals surface area contributed by atoms with Crippen molar-refractivity contribution in [1.82, 2.24) is 4.98 Å². The summed E-state index contributed by atoms with van der Waals surface area (Å²) >= 11 is 0. The van der Waals surface area contributed by atoms with E-state index in [1.165, 1.54) is 0 Å². The molecule has 1 aromatic heterocycles. The van der Waals surface area contributed by atoms with E-state index in [1.807, 2.05) is 54.6 Å². The molecule has 0 radical (unpaired) electrons. The number of hydrogen-bond acceptors (Lipinski definition) is 7. The third-order valence-electron chi connectivity index (χ3n) is 5.66. The van der Waals surface area contributed by atoms with Crippen molar-refractivity contribution < 1.29 is 28.4 Å². The second-order valence-electron chi connectivity index (χ2n) is 8.11. The number of aromatic nitrogens is 1. The summed E-state index contributed by atoms with van der Waals surface area (Å²) in [5.74, 6) is 8.80. The van der Waals surface area contributed by atoms with Crippen molar-refractivity contribution in [3.8, 4) is 35.0 Å². The molecule has 7 heteroatoms. The number of nitrogens with zero attached hydrogens (tertiary/aromatic N) is 1. The quantitative estimate of drug-likeness (QED) is 0.412. The second kappa shape index (κ2) is 12.8. The van der Waals surface area contributed by atoms with Crippen LogP contribution >= 0.6 is 0 Å². The highest BCUT2D eigenvalue weighted by Crippen LogP contribution is 2.29. The van der Waals surface area contributed by atoms with Crippen LogP contribution in [0.15, 0.2) is 54.6 Å². The third kappa shape index (κ3) is 6.69. The van der Waals surface area contributed by atoms with Gasteiger partial charge in [0.1, 0.15) is 30.8 Å². The molecule has 0 bridgehead atoms. The lowest BCUT2D eigenvalue weighted by atomic mass is 10.1. The summed E-state index contributed by atoms with van der Waals surface area (Å²) < 4.78 is 34.1. The van der Waals surface area contributed by atoms with E-state index >= 15 is 0 Å². The number of ether oxygens (including phenoxy) is 6. The van der Waals surface area contributed by atoms with Gasteiger partial charge in [-0.3, -0.25) is 0 Å². The van der Waals surface area contributed by atoms with Crippen LogP contribution in [0, 0.1) is 11.8 Å². The van der Waals surface area contributed by atoms with E-state index in [4.69, 9.17) is 33.4 Å². The summed E-state index contributed by atoms with van der Waals surface area (Å²) in [6.07, 6.45) is 0.564. The molecule has 2 aromatic carbocycles. The highest BCUT2D eigenvalue weighted by Gasteiger charge is 2.18. The average Bonchev–Trinajstić information content (AvgIpc) is 2.94. The Bertz CT molecular complexity index is 1200. The largest absolute Gasteiger partial charge is 0.493 e. The van der Waals surface area contributed by atoms with E-state index in [9.17, 15) is 0 Å². The number of rotatable bonds is 9. The van der Waals surface area contributed by atoms with Gasteiger partial charge in [-0.15, -0.1) is 0 Å². The molecule has 2 heterocycles. The first-order valence-corrected chi connectivity index (χ1v) is 12.0. The highest BCUT2D eigenvalue weighted by atomic mass is 16.6. The fraction of sp³-hybridized carbons (Fsp3) is 0.345. The maximum Gasteiger partial charge on any atom is 0.218 e. The lowest BCUT2D eigenvalue weighted by molar-refractivity contribution is -0.102. The summed E-state index contributed by atoms with van der Waals surface area (Å²) in [6, 6.07) is 17.4. The summed E-state index contributed by atoms with van der Waals surface area (Å²) in [4.78, 5) is 4.71. The van der Waals surface area contributed by atoms with Crippen LogP contribution < -0.4 is 18.9 Å². The third-order valence-corrected chi connectivity index (χ3v) is 5.66. The molecule has 0 amide bonds. The Labute approximate surface area is 212 Å². The molecule has 0 spiro atoms. The number of benzene rings is 2. The second-order valence-corrected chi connectivity index (χ2v) is 8.11. The summed E-state index contributed by atoms with van der Waals surface area (Å²) in [5, 5.41) is 0. The maximum atomic E-state index is 6.23. The van der Waals surface area contributed by atoms with Gasteiger partial charge in [0.25, 0.3) is 0 Å². The van der Waals surface area contributed by atoms with Crippen LogP contribution in [0.5, 0.6) is 23.1 Å². The van der Waals surface area contributed by atoms with E-state index < -0.39 is 0 Å². The normalized spacial score (nSPS) is 14.9. The van der Waals surface area contributed by atoms with Crippen molar-refractivity contribution in [2.45, 2.75) is 26.1 Å². The first-order valence-electron chi connectivity index (χ1n) is 12.0. The minimum atomic E-state index is -0.138. The summed E-state index contributed by atoms with van der Waals surface area (Å²) in [5.41, 5.74) is 3.38. The molecule has 7 nitrogen and oxygen atoms in total. The van der Waals surface area contributed by atoms with Crippen LogP contribution in [0.2, 0.25) is 0 Å². The van der Waals surface area contributed by atoms with Crippen molar-refractivity contribution in [2.24, 2.45) is 0 Å². The molecule has 188 valence electrons. The lowest BCUT2D eigenvalue weighted by Crippen LogP contribution is -2.33. The van der Waals surface area contributed by atoms with Crippen LogP contribution in [-0.2, 0) is 22.5 Å². The molecule has 0 saturated carbocycles. The minimum absolute atomic E-state index is 0.138. The predicted molar refractivity (Wildman–Crippen MR) is 136 cm³/mol. The fourth-order valence-electron chi connectivity index (χ4n) is 3.77. The number of pyridine rings is 1. The molecule has 0 N–H and O–H groups in total. The van der Waals surface area contributed by atoms with Gasteiger partial charge < -0.3 is 28.4 Å². The van der Waals surface area contributed by atoms with Gasteiger partial charge >= 0.3 is 0 Å². The van der Waals surface area contributed by atoms with Crippen molar-refractivity contribution in [1.29, 1.82) is 0 Å². The smallest absolute Gasteiger partial charge is 0.218 e. The maximum absolute atomic E-state index is 6.23. The molecule has 3 aromatic rings. The Balaban J connectivity index is 1.63. The van der Waals surface area contributed by atoms with Gasteiger partial charge in [-0.25, -0.2) is 4.98 Å². The van der Waals surface area contributed by atoms with Gasteiger partial charge in [0.05, 0.1) is 34.0 Å². The Morgan fingerprint density at radius 1 is 0.917 bits per heavy atom. The van der Waals surface area contributed by atoms with E-state index in [-0.39, 0.29) is 6.10 Å². The van der Waals surface area contributed by atoms with E-state index in [2.05, 4.69) is 18.8 Å². The van der Waals surface area contributed by atoms with Crippen molar-refractivity contribution >= 4 is 0 Å². The van der Waals surface area contributed by atoms with E-state index in [1.54, 1.807) is 14.2 Å². The van der Waals surface area contributed by atoms with Crippen LogP contribution in [0.25, 0.3) is 0 Å². The van der Waals surface area contributed by atoms with Crippen LogP contribution in [0.3, 0.4) is 0 Å². The van der Waals surface area contributed by atoms with Crippen molar-refractivity contribution in [3.63, 3.8) is 0 Å². The summed E-state index contributed by atoms with van der Waals surface area (Å²) in [7, 11) is 3.21.